The van der Waals surface area contributed by atoms with E-state index in [2.05, 4.69) is 80.0 Å². The van der Waals surface area contributed by atoms with E-state index < -0.39 is 0 Å². The number of phenols is 1. The Bertz CT molecular complexity index is 354. The summed E-state index contributed by atoms with van der Waals surface area (Å²) in [4.78, 5) is 0. The smallest absolute Gasteiger partial charge is 0.142 e. The second-order valence-electron chi connectivity index (χ2n) is 2.93. The van der Waals surface area contributed by atoms with Gasteiger partial charge in [-0.1, -0.05) is 0 Å². The first kappa shape index (κ1) is 13.2. The number of rotatable bonds is 2. The van der Waals surface area contributed by atoms with Crippen molar-refractivity contribution in [3.63, 3.8) is 0 Å². The molecule has 5 heteroatoms. The van der Waals surface area contributed by atoms with Crippen LogP contribution in [0.1, 0.15) is 18.5 Å². The quantitative estimate of drug-likeness (QED) is 0.576. The van der Waals surface area contributed by atoms with Crippen molar-refractivity contribution in [1.29, 1.82) is 0 Å². The van der Waals surface area contributed by atoms with Gasteiger partial charge in [0.1, 0.15) is 5.75 Å². The molecule has 0 unspecified atom stereocenters. The second-order valence-corrected chi connectivity index (χ2v) is 6.33. The lowest BCUT2D eigenvalue weighted by Gasteiger charge is -2.16. The lowest BCUT2D eigenvalue weighted by atomic mass is 10.1. The molecule has 0 fully saturated rings. The molecule has 0 radical (unpaired) electrons. The molecule has 0 aromatic heterocycles. The molecule has 14 heavy (non-hydrogen) atoms. The monoisotopic (exact) mass is 529 g/mol. The van der Waals surface area contributed by atoms with Crippen LogP contribution in [0.5, 0.6) is 5.75 Å². The van der Waals surface area contributed by atoms with Gasteiger partial charge in [-0.2, -0.15) is 0 Å². The van der Waals surface area contributed by atoms with Gasteiger partial charge in [0.2, 0.25) is 0 Å². The van der Waals surface area contributed by atoms with Crippen LogP contribution in [-0.2, 0) is 0 Å². The summed E-state index contributed by atoms with van der Waals surface area (Å²) in [5, 5.41) is 13.0. The van der Waals surface area contributed by atoms with Gasteiger partial charge < -0.3 is 10.4 Å². The first-order chi connectivity index (χ1) is 6.49. The van der Waals surface area contributed by atoms with Crippen LogP contribution in [0.3, 0.4) is 0 Å². The highest BCUT2D eigenvalue weighted by molar-refractivity contribution is 14.1. The Morgan fingerprint density at radius 3 is 2.36 bits per heavy atom. The molecular formula is C9H10I3NO. The molecule has 0 aliphatic rings. The van der Waals surface area contributed by atoms with E-state index in [9.17, 15) is 5.11 Å². The fourth-order valence-corrected chi connectivity index (χ4v) is 5.44. The second kappa shape index (κ2) is 5.48. The molecule has 0 aliphatic heterocycles. The van der Waals surface area contributed by atoms with Crippen molar-refractivity contribution in [2.75, 3.05) is 7.05 Å². The molecule has 2 nitrogen and oxygen atoms in total. The number of hydrogen-bond acceptors (Lipinski definition) is 2. The van der Waals surface area contributed by atoms with Gasteiger partial charge in [-0.15, -0.1) is 0 Å². The van der Waals surface area contributed by atoms with E-state index in [1.165, 1.54) is 9.13 Å². The summed E-state index contributed by atoms with van der Waals surface area (Å²) in [7, 11) is 1.92. The Hall–Kier alpha value is 1.17. The SMILES string of the molecule is CN[C@H](C)c1c(I)cc(I)c(O)c1I. The fourth-order valence-electron chi connectivity index (χ4n) is 1.14. The van der Waals surface area contributed by atoms with Gasteiger partial charge in [0, 0.05) is 9.61 Å². The largest absolute Gasteiger partial charge is 0.506 e. The highest BCUT2D eigenvalue weighted by Gasteiger charge is 2.16. The van der Waals surface area contributed by atoms with E-state index >= 15 is 0 Å². The van der Waals surface area contributed by atoms with Crippen molar-refractivity contribution in [3.8, 4) is 5.75 Å². The van der Waals surface area contributed by atoms with Gasteiger partial charge in [-0.25, -0.2) is 0 Å². The van der Waals surface area contributed by atoms with Crippen LogP contribution in [0.2, 0.25) is 0 Å². The van der Waals surface area contributed by atoms with E-state index in [4.69, 9.17) is 0 Å². The molecule has 0 bridgehead atoms. The van der Waals surface area contributed by atoms with Crippen molar-refractivity contribution in [2.24, 2.45) is 0 Å². The summed E-state index contributed by atoms with van der Waals surface area (Å²) in [6.07, 6.45) is 0. The predicted octanol–water partition coefficient (Wildman–Crippen LogP) is 3.49. The zero-order chi connectivity index (χ0) is 10.9. The van der Waals surface area contributed by atoms with E-state index in [1.54, 1.807) is 0 Å². The van der Waals surface area contributed by atoms with Crippen molar-refractivity contribution in [1.82, 2.24) is 5.32 Å². The van der Waals surface area contributed by atoms with Gasteiger partial charge in [-0.05, 0) is 93.4 Å². The van der Waals surface area contributed by atoms with Gasteiger partial charge in [0.05, 0.1) is 7.14 Å². The van der Waals surface area contributed by atoms with Crippen LogP contribution in [-0.4, -0.2) is 12.2 Å². The topological polar surface area (TPSA) is 32.3 Å². The summed E-state index contributed by atoms with van der Waals surface area (Å²) in [6, 6.07) is 2.26. The van der Waals surface area contributed by atoms with Gasteiger partial charge >= 0.3 is 0 Å². The van der Waals surface area contributed by atoms with Crippen LogP contribution in [0.25, 0.3) is 0 Å². The molecule has 1 atom stereocenters. The molecule has 0 spiro atoms. The first-order valence-electron chi connectivity index (χ1n) is 4.02. The number of aromatic hydroxyl groups is 1. The Morgan fingerprint density at radius 1 is 1.29 bits per heavy atom. The number of benzene rings is 1. The van der Waals surface area contributed by atoms with Crippen molar-refractivity contribution in [2.45, 2.75) is 13.0 Å². The third-order valence-corrected chi connectivity index (χ3v) is 4.85. The molecule has 1 aromatic carbocycles. The Balaban J connectivity index is 3.36. The maximum atomic E-state index is 9.81. The average Bonchev–Trinajstić information content (AvgIpc) is 2.14. The van der Waals surface area contributed by atoms with Crippen LogP contribution in [0.4, 0.5) is 0 Å². The molecule has 0 aliphatic carbocycles. The lowest BCUT2D eigenvalue weighted by molar-refractivity contribution is 0.464. The summed E-state index contributed by atoms with van der Waals surface area (Å²) in [5.41, 5.74) is 1.17. The van der Waals surface area contributed by atoms with Crippen LogP contribution in [0, 0.1) is 10.7 Å². The third kappa shape index (κ3) is 2.64. The van der Waals surface area contributed by atoms with Gasteiger partial charge in [0.15, 0.2) is 0 Å². The minimum atomic E-state index is 0.261. The Labute approximate surface area is 125 Å². The zero-order valence-electron chi connectivity index (χ0n) is 7.74. The molecule has 78 valence electrons. The van der Waals surface area contributed by atoms with E-state index in [1.807, 2.05) is 13.1 Å². The van der Waals surface area contributed by atoms with Crippen LogP contribution >= 0.6 is 67.8 Å². The molecule has 1 aromatic rings. The molecule has 0 saturated heterocycles. The maximum absolute atomic E-state index is 9.81. The van der Waals surface area contributed by atoms with Gasteiger partial charge in [-0.3, -0.25) is 0 Å². The van der Waals surface area contributed by atoms with Crippen LogP contribution < -0.4 is 5.32 Å². The molecule has 2 N–H and O–H groups in total. The summed E-state index contributed by atoms with van der Waals surface area (Å²) < 4.78 is 3.04. The Morgan fingerprint density at radius 2 is 1.86 bits per heavy atom. The molecule has 0 amide bonds. The van der Waals surface area contributed by atoms with Crippen LogP contribution in [0.15, 0.2) is 6.07 Å². The molecule has 0 heterocycles. The minimum Gasteiger partial charge on any atom is -0.506 e. The highest BCUT2D eigenvalue weighted by atomic mass is 127. The molecule has 0 saturated carbocycles. The number of phenolic OH excluding ortho intramolecular Hbond substituents is 1. The van der Waals surface area contributed by atoms with E-state index in [-0.39, 0.29) is 6.04 Å². The van der Waals surface area contributed by atoms with E-state index in [0.29, 0.717) is 5.75 Å². The average molecular weight is 529 g/mol. The van der Waals surface area contributed by atoms with Gasteiger partial charge in [0.25, 0.3) is 0 Å². The highest BCUT2D eigenvalue weighted by Crippen LogP contribution is 2.35. The summed E-state index contributed by atoms with van der Waals surface area (Å²) in [6.45, 7) is 2.09. The van der Waals surface area contributed by atoms with E-state index in [0.717, 1.165) is 7.14 Å². The first-order valence-corrected chi connectivity index (χ1v) is 7.26. The fraction of sp³-hybridized carbons (Fsp3) is 0.333. The number of nitrogens with one attached hydrogen (secondary N) is 1. The summed E-state index contributed by atoms with van der Waals surface area (Å²) >= 11 is 6.65. The standard InChI is InChI=1S/C9H10I3NO/c1-4(13-2)7-5(10)3-6(11)9(14)8(7)12/h3-4,13-14H,1-2H3/t4-/m1/s1. The summed E-state index contributed by atoms with van der Waals surface area (Å²) in [5.74, 6) is 0.392. The van der Waals surface area contributed by atoms with Crippen molar-refractivity contribution < 1.29 is 5.11 Å². The Kier molecular flexibility index (Phi) is 5.18. The minimum absolute atomic E-state index is 0.261. The lowest BCUT2D eigenvalue weighted by Crippen LogP contribution is -2.15. The molecular weight excluding hydrogens is 519 g/mol. The predicted molar refractivity (Wildman–Crippen MR) is 83.7 cm³/mol. The van der Waals surface area contributed by atoms with Crippen molar-refractivity contribution in [3.05, 3.63) is 22.3 Å². The number of halogens is 3. The molecule has 1 rings (SSSR count). The number of hydrogen-bond donors (Lipinski definition) is 2. The van der Waals surface area contributed by atoms with Crippen molar-refractivity contribution >= 4 is 67.8 Å². The third-order valence-electron chi connectivity index (χ3n) is 2.05. The maximum Gasteiger partial charge on any atom is 0.142 e. The zero-order valence-corrected chi connectivity index (χ0v) is 14.2. The normalized spacial score (nSPS) is 12.9.